The van der Waals surface area contributed by atoms with Crippen LogP contribution >= 0.6 is 0 Å². The van der Waals surface area contributed by atoms with Crippen LogP contribution in [-0.2, 0) is 6.42 Å². The van der Waals surface area contributed by atoms with E-state index in [0.29, 0.717) is 24.3 Å². The second kappa shape index (κ2) is 3.81. The second-order valence-electron chi connectivity index (χ2n) is 3.55. The molecule has 80 valence electrons. The average Bonchev–Trinajstić information content (AvgIpc) is 2.43. The monoisotopic (exact) mass is 208 g/mol. The number of fused-ring (bicyclic) bond motifs is 1. The number of phenols is 1. The standard InChI is InChI=1S/C11H12O4/c12-9-5-4-8(11(13)14)10-7(9)3-1-2-6-15-10/h4-5,12H,1-3,6H2,(H,13,14). The van der Waals surface area contributed by atoms with Crippen LogP contribution in [-0.4, -0.2) is 22.8 Å². The van der Waals surface area contributed by atoms with Crippen LogP contribution in [0.15, 0.2) is 12.1 Å². The summed E-state index contributed by atoms with van der Waals surface area (Å²) in [6.45, 7) is 0.511. The molecule has 0 aliphatic carbocycles. The number of rotatable bonds is 1. The van der Waals surface area contributed by atoms with Gasteiger partial charge in [-0.3, -0.25) is 0 Å². The van der Waals surface area contributed by atoms with Crippen molar-refractivity contribution < 1.29 is 19.7 Å². The number of benzene rings is 1. The Balaban J connectivity index is 2.56. The molecule has 1 heterocycles. The summed E-state index contributed by atoms with van der Waals surface area (Å²) in [6, 6.07) is 2.79. The van der Waals surface area contributed by atoms with E-state index in [0.717, 1.165) is 12.8 Å². The van der Waals surface area contributed by atoms with Crippen LogP contribution in [0.5, 0.6) is 11.5 Å². The number of aromatic hydroxyl groups is 1. The molecule has 4 nitrogen and oxygen atoms in total. The highest BCUT2D eigenvalue weighted by molar-refractivity contribution is 5.92. The van der Waals surface area contributed by atoms with Gasteiger partial charge in [0.05, 0.1) is 6.61 Å². The molecule has 2 N–H and O–H groups in total. The van der Waals surface area contributed by atoms with E-state index >= 15 is 0 Å². The summed E-state index contributed by atoms with van der Waals surface area (Å²) in [5.74, 6) is -0.565. The molecule has 0 aromatic heterocycles. The zero-order valence-corrected chi connectivity index (χ0v) is 8.19. The van der Waals surface area contributed by atoms with Crippen molar-refractivity contribution in [2.75, 3.05) is 6.61 Å². The summed E-state index contributed by atoms with van der Waals surface area (Å²) in [5.41, 5.74) is 0.747. The maximum Gasteiger partial charge on any atom is 0.339 e. The van der Waals surface area contributed by atoms with Crippen molar-refractivity contribution in [1.82, 2.24) is 0 Å². The zero-order chi connectivity index (χ0) is 10.8. The Hall–Kier alpha value is -1.71. The van der Waals surface area contributed by atoms with Crippen LogP contribution in [0.1, 0.15) is 28.8 Å². The van der Waals surface area contributed by atoms with Gasteiger partial charge in [0.1, 0.15) is 17.1 Å². The molecule has 2 rings (SSSR count). The molecular formula is C11H12O4. The lowest BCUT2D eigenvalue weighted by atomic mass is 10.0. The smallest absolute Gasteiger partial charge is 0.339 e. The Morgan fingerprint density at radius 1 is 1.33 bits per heavy atom. The van der Waals surface area contributed by atoms with E-state index in [1.165, 1.54) is 12.1 Å². The molecule has 0 amide bonds. The van der Waals surface area contributed by atoms with Gasteiger partial charge in [-0.2, -0.15) is 0 Å². The molecule has 0 spiro atoms. The summed E-state index contributed by atoms with van der Waals surface area (Å²) < 4.78 is 5.38. The van der Waals surface area contributed by atoms with E-state index < -0.39 is 5.97 Å². The van der Waals surface area contributed by atoms with Crippen molar-refractivity contribution in [3.63, 3.8) is 0 Å². The summed E-state index contributed by atoms with van der Waals surface area (Å²) in [4.78, 5) is 10.9. The van der Waals surface area contributed by atoms with Gasteiger partial charge in [-0.15, -0.1) is 0 Å². The minimum Gasteiger partial charge on any atom is -0.508 e. The van der Waals surface area contributed by atoms with Gasteiger partial charge in [0.25, 0.3) is 0 Å². The normalized spacial score (nSPS) is 14.9. The fourth-order valence-corrected chi connectivity index (χ4v) is 1.77. The minimum atomic E-state index is -1.02. The van der Waals surface area contributed by atoms with Gasteiger partial charge in [-0.05, 0) is 31.4 Å². The molecule has 0 saturated carbocycles. The summed E-state index contributed by atoms with van der Waals surface area (Å²) in [6.07, 6.45) is 2.46. The molecule has 4 heteroatoms. The Kier molecular flexibility index (Phi) is 2.49. The molecule has 0 unspecified atom stereocenters. The first-order valence-corrected chi connectivity index (χ1v) is 4.91. The molecule has 1 aromatic carbocycles. The molecular weight excluding hydrogens is 196 g/mol. The Morgan fingerprint density at radius 2 is 2.13 bits per heavy atom. The number of phenolic OH excluding ortho intramolecular Hbond substituents is 1. The SMILES string of the molecule is O=C(O)c1ccc(O)c2c1OCCCC2. The number of aromatic carboxylic acids is 1. The van der Waals surface area contributed by atoms with Crippen LogP contribution in [0.3, 0.4) is 0 Å². The maximum atomic E-state index is 10.9. The van der Waals surface area contributed by atoms with Crippen LogP contribution in [0.4, 0.5) is 0 Å². The summed E-state index contributed by atoms with van der Waals surface area (Å²) >= 11 is 0. The highest BCUT2D eigenvalue weighted by Gasteiger charge is 2.20. The van der Waals surface area contributed by atoms with Crippen molar-refractivity contribution in [3.8, 4) is 11.5 Å². The predicted molar refractivity (Wildman–Crippen MR) is 53.5 cm³/mol. The lowest BCUT2D eigenvalue weighted by Gasteiger charge is -2.11. The maximum absolute atomic E-state index is 10.9. The van der Waals surface area contributed by atoms with E-state index in [9.17, 15) is 9.90 Å². The quantitative estimate of drug-likeness (QED) is 0.738. The van der Waals surface area contributed by atoms with E-state index in [1.807, 2.05) is 0 Å². The fourth-order valence-electron chi connectivity index (χ4n) is 1.77. The number of ether oxygens (including phenoxy) is 1. The number of hydrogen-bond donors (Lipinski definition) is 2. The molecule has 1 aliphatic heterocycles. The number of carboxylic acid groups (broad SMARTS) is 1. The summed E-state index contributed by atoms with van der Waals surface area (Å²) in [5, 5.41) is 18.6. The third-order valence-electron chi connectivity index (χ3n) is 2.53. The molecule has 0 saturated heterocycles. The van der Waals surface area contributed by atoms with Crippen LogP contribution in [0, 0.1) is 0 Å². The topological polar surface area (TPSA) is 66.8 Å². The van der Waals surface area contributed by atoms with Crippen molar-refractivity contribution in [2.45, 2.75) is 19.3 Å². The van der Waals surface area contributed by atoms with Gasteiger partial charge in [0.15, 0.2) is 0 Å². The van der Waals surface area contributed by atoms with Gasteiger partial charge >= 0.3 is 5.97 Å². The Morgan fingerprint density at radius 3 is 2.87 bits per heavy atom. The van der Waals surface area contributed by atoms with E-state index in [-0.39, 0.29) is 11.3 Å². The molecule has 0 fully saturated rings. The van der Waals surface area contributed by atoms with Gasteiger partial charge in [-0.1, -0.05) is 0 Å². The molecule has 15 heavy (non-hydrogen) atoms. The molecule has 1 aliphatic rings. The third-order valence-corrected chi connectivity index (χ3v) is 2.53. The fraction of sp³-hybridized carbons (Fsp3) is 0.364. The van der Waals surface area contributed by atoms with Crippen LogP contribution in [0.2, 0.25) is 0 Å². The first kappa shape index (κ1) is 9.83. The largest absolute Gasteiger partial charge is 0.508 e. The van der Waals surface area contributed by atoms with E-state index in [1.54, 1.807) is 0 Å². The van der Waals surface area contributed by atoms with Crippen molar-refractivity contribution in [1.29, 1.82) is 0 Å². The molecule has 0 atom stereocenters. The van der Waals surface area contributed by atoms with Gasteiger partial charge in [0.2, 0.25) is 0 Å². The van der Waals surface area contributed by atoms with Crippen LogP contribution in [0.25, 0.3) is 0 Å². The van der Waals surface area contributed by atoms with Crippen molar-refractivity contribution >= 4 is 5.97 Å². The van der Waals surface area contributed by atoms with Crippen molar-refractivity contribution in [2.24, 2.45) is 0 Å². The van der Waals surface area contributed by atoms with Gasteiger partial charge in [0, 0.05) is 5.56 Å². The number of carbonyl (C=O) groups is 1. The first-order valence-electron chi connectivity index (χ1n) is 4.91. The lowest BCUT2D eigenvalue weighted by molar-refractivity contribution is 0.0692. The molecule has 0 radical (unpaired) electrons. The Labute approximate surface area is 87.1 Å². The van der Waals surface area contributed by atoms with Gasteiger partial charge in [-0.25, -0.2) is 4.79 Å². The second-order valence-corrected chi connectivity index (χ2v) is 3.55. The number of hydrogen-bond acceptors (Lipinski definition) is 3. The van der Waals surface area contributed by atoms with Crippen LogP contribution < -0.4 is 4.74 Å². The van der Waals surface area contributed by atoms with Gasteiger partial charge < -0.3 is 14.9 Å². The van der Waals surface area contributed by atoms with Crippen molar-refractivity contribution in [3.05, 3.63) is 23.3 Å². The average molecular weight is 208 g/mol. The highest BCUT2D eigenvalue weighted by atomic mass is 16.5. The zero-order valence-electron chi connectivity index (χ0n) is 8.19. The van der Waals surface area contributed by atoms with E-state index in [4.69, 9.17) is 9.84 Å². The molecule has 1 aromatic rings. The summed E-state index contributed by atoms with van der Waals surface area (Å²) in [7, 11) is 0. The third kappa shape index (κ3) is 1.75. The van der Waals surface area contributed by atoms with E-state index in [2.05, 4.69) is 0 Å². The molecule has 0 bridgehead atoms. The predicted octanol–water partition coefficient (Wildman–Crippen LogP) is 1.81. The number of carboxylic acids is 1. The minimum absolute atomic E-state index is 0.122. The Bertz CT molecular complexity index is 398. The highest BCUT2D eigenvalue weighted by Crippen LogP contribution is 2.34. The first-order chi connectivity index (χ1) is 7.20. The lowest BCUT2D eigenvalue weighted by Crippen LogP contribution is -2.04.